The second kappa shape index (κ2) is 3.04. The monoisotopic (exact) mass is 201 g/mol. The molecule has 0 bridgehead atoms. The fourth-order valence-electron chi connectivity index (χ4n) is 1.04. The van der Waals surface area contributed by atoms with Crippen molar-refractivity contribution >= 4 is 35.0 Å². The molecule has 1 fully saturated rings. The molecule has 0 aromatic carbocycles. The first-order chi connectivity index (χ1) is 5.79. The molecule has 2 heterocycles. The number of carbonyl (C=O) groups is 1. The fourth-order valence-corrected chi connectivity index (χ4v) is 2.13. The van der Waals surface area contributed by atoms with Gasteiger partial charge >= 0.3 is 0 Å². The van der Waals surface area contributed by atoms with E-state index in [2.05, 4.69) is 22.9 Å². The van der Waals surface area contributed by atoms with Gasteiger partial charge in [-0.05, 0) is 0 Å². The van der Waals surface area contributed by atoms with Crippen molar-refractivity contribution in [1.82, 2.24) is 10.3 Å². The molecular weight excluding hydrogens is 194 g/mol. The summed E-state index contributed by atoms with van der Waals surface area (Å²) in [5, 5.41) is 5.45. The minimum Gasteiger partial charge on any atom is -0.279 e. The van der Waals surface area contributed by atoms with E-state index in [1.807, 2.05) is 5.38 Å². The van der Waals surface area contributed by atoms with Crippen LogP contribution in [0.2, 0.25) is 0 Å². The molecule has 1 saturated heterocycles. The first kappa shape index (κ1) is 8.03. The predicted octanol–water partition coefficient (Wildman–Crippen LogP) is 0.293. The smallest absolute Gasteiger partial charge is 0.244 e. The lowest BCUT2D eigenvalue weighted by Crippen LogP contribution is -2.32. The van der Waals surface area contributed by atoms with Gasteiger partial charge in [-0.2, -0.15) is 0 Å². The number of nitrogens with one attached hydrogen (secondary N) is 1. The zero-order valence-corrected chi connectivity index (χ0v) is 7.81. The summed E-state index contributed by atoms with van der Waals surface area (Å²) in [6.45, 7) is 0.341. The second-order valence-electron chi connectivity index (χ2n) is 2.33. The Hall–Kier alpha value is -0.590. The Balaban J connectivity index is 2.28. The van der Waals surface area contributed by atoms with E-state index in [4.69, 9.17) is 0 Å². The molecule has 0 radical (unpaired) electrons. The van der Waals surface area contributed by atoms with E-state index in [1.165, 1.54) is 11.3 Å². The predicted molar refractivity (Wildman–Crippen MR) is 50.4 cm³/mol. The number of thiol groups is 1. The lowest BCUT2D eigenvalue weighted by atomic mass is 10.6. The molecular formula is C6H7N3OS2. The van der Waals surface area contributed by atoms with Crippen LogP contribution in [-0.4, -0.2) is 22.9 Å². The van der Waals surface area contributed by atoms with Gasteiger partial charge in [0.1, 0.15) is 5.50 Å². The quantitative estimate of drug-likeness (QED) is 0.642. The van der Waals surface area contributed by atoms with Crippen LogP contribution in [0.15, 0.2) is 11.6 Å². The molecule has 1 atom stereocenters. The standard InChI is InChI=1S/C6H7N3OS2/c10-4-3-8-5(11)9(4)6-7-1-2-12-6/h1-2,5,8,11H,3H2. The highest BCUT2D eigenvalue weighted by Crippen LogP contribution is 2.22. The normalized spacial score (nSPS) is 23.6. The van der Waals surface area contributed by atoms with Gasteiger partial charge in [-0.25, -0.2) is 4.98 Å². The van der Waals surface area contributed by atoms with Crippen LogP contribution in [0.4, 0.5) is 5.13 Å². The van der Waals surface area contributed by atoms with Crippen molar-refractivity contribution in [3.05, 3.63) is 11.6 Å². The molecule has 1 N–H and O–H groups in total. The van der Waals surface area contributed by atoms with Gasteiger partial charge in [-0.15, -0.1) is 24.0 Å². The summed E-state index contributed by atoms with van der Waals surface area (Å²) in [6, 6.07) is 0. The van der Waals surface area contributed by atoms with Gasteiger partial charge in [0.25, 0.3) is 0 Å². The van der Waals surface area contributed by atoms with Crippen LogP contribution in [0.5, 0.6) is 0 Å². The van der Waals surface area contributed by atoms with Gasteiger partial charge in [0, 0.05) is 11.6 Å². The summed E-state index contributed by atoms with van der Waals surface area (Å²) in [4.78, 5) is 16.8. The lowest BCUT2D eigenvalue weighted by molar-refractivity contribution is -0.116. The number of nitrogens with zero attached hydrogens (tertiary/aromatic N) is 2. The molecule has 1 aromatic rings. The Labute approximate surface area is 79.0 Å². The van der Waals surface area contributed by atoms with Gasteiger partial charge < -0.3 is 0 Å². The fraction of sp³-hybridized carbons (Fsp3) is 0.333. The molecule has 6 heteroatoms. The van der Waals surface area contributed by atoms with E-state index in [-0.39, 0.29) is 11.4 Å². The number of hydrogen-bond donors (Lipinski definition) is 2. The Bertz CT molecular complexity index is 287. The van der Waals surface area contributed by atoms with Gasteiger partial charge in [0.05, 0.1) is 6.54 Å². The molecule has 1 aliphatic rings. The van der Waals surface area contributed by atoms with Gasteiger partial charge in [0.2, 0.25) is 5.91 Å². The Kier molecular flexibility index (Phi) is 2.03. The summed E-state index contributed by atoms with van der Waals surface area (Å²) >= 11 is 5.63. The first-order valence-corrected chi connectivity index (χ1v) is 4.81. The zero-order valence-electron chi connectivity index (χ0n) is 6.10. The third-order valence-corrected chi connectivity index (χ3v) is 2.76. The molecule has 0 saturated carbocycles. The van der Waals surface area contributed by atoms with E-state index in [1.54, 1.807) is 11.1 Å². The second-order valence-corrected chi connectivity index (χ2v) is 3.70. The Morgan fingerprint density at radius 1 is 1.83 bits per heavy atom. The van der Waals surface area contributed by atoms with Crippen molar-refractivity contribution in [3.63, 3.8) is 0 Å². The summed E-state index contributed by atoms with van der Waals surface area (Å²) in [5.74, 6) is 0.0185. The van der Waals surface area contributed by atoms with Crippen LogP contribution < -0.4 is 10.2 Å². The van der Waals surface area contributed by atoms with Crippen LogP contribution in [0.25, 0.3) is 0 Å². The number of rotatable bonds is 1. The molecule has 1 aliphatic heterocycles. The molecule has 0 spiro atoms. The van der Waals surface area contributed by atoms with Crippen LogP contribution in [0, 0.1) is 0 Å². The molecule has 0 aliphatic carbocycles. The maximum absolute atomic E-state index is 11.3. The number of amides is 1. The maximum Gasteiger partial charge on any atom is 0.244 e. The molecule has 2 rings (SSSR count). The SMILES string of the molecule is O=C1CNC(S)N1c1nccs1. The molecule has 1 aromatic heterocycles. The van der Waals surface area contributed by atoms with Crippen molar-refractivity contribution < 1.29 is 4.79 Å². The van der Waals surface area contributed by atoms with Crippen LogP contribution in [0.3, 0.4) is 0 Å². The first-order valence-electron chi connectivity index (χ1n) is 3.42. The minimum absolute atomic E-state index is 0.0185. The van der Waals surface area contributed by atoms with E-state index < -0.39 is 0 Å². The van der Waals surface area contributed by atoms with Crippen molar-refractivity contribution in [2.45, 2.75) is 5.50 Å². The summed E-state index contributed by atoms with van der Waals surface area (Å²) < 4.78 is 0. The highest BCUT2D eigenvalue weighted by molar-refractivity contribution is 7.81. The Morgan fingerprint density at radius 3 is 3.17 bits per heavy atom. The van der Waals surface area contributed by atoms with Crippen LogP contribution in [0.1, 0.15) is 0 Å². The van der Waals surface area contributed by atoms with Crippen molar-refractivity contribution in [2.75, 3.05) is 11.4 Å². The maximum atomic E-state index is 11.3. The van der Waals surface area contributed by atoms with E-state index in [9.17, 15) is 4.79 Å². The number of aromatic nitrogens is 1. The van der Waals surface area contributed by atoms with Crippen molar-refractivity contribution in [3.8, 4) is 0 Å². The molecule has 1 unspecified atom stereocenters. The van der Waals surface area contributed by atoms with Crippen molar-refractivity contribution in [1.29, 1.82) is 0 Å². The third-order valence-electron chi connectivity index (χ3n) is 1.57. The Morgan fingerprint density at radius 2 is 2.67 bits per heavy atom. The van der Waals surface area contributed by atoms with Gasteiger partial charge in [0.15, 0.2) is 5.13 Å². The summed E-state index contributed by atoms with van der Waals surface area (Å²) in [6.07, 6.45) is 1.67. The molecule has 12 heavy (non-hydrogen) atoms. The number of hydrogen-bond acceptors (Lipinski definition) is 5. The van der Waals surface area contributed by atoms with Gasteiger partial charge in [-0.1, -0.05) is 0 Å². The largest absolute Gasteiger partial charge is 0.279 e. The molecule has 1 amide bonds. The summed E-state index contributed by atoms with van der Waals surface area (Å²) in [7, 11) is 0. The number of thiazole rings is 1. The van der Waals surface area contributed by atoms with Crippen molar-refractivity contribution in [2.24, 2.45) is 0 Å². The van der Waals surface area contributed by atoms with E-state index in [0.717, 1.165) is 0 Å². The number of carbonyl (C=O) groups excluding carboxylic acids is 1. The lowest BCUT2D eigenvalue weighted by Gasteiger charge is -2.15. The average molecular weight is 201 g/mol. The summed E-state index contributed by atoms with van der Waals surface area (Å²) in [5.41, 5.74) is -0.233. The topological polar surface area (TPSA) is 45.2 Å². The van der Waals surface area contributed by atoms with E-state index >= 15 is 0 Å². The highest BCUT2D eigenvalue weighted by atomic mass is 32.1. The average Bonchev–Trinajstić information content (AvgIpc) is 2.61. The van der Waals surface area contributed by atoms with E-state index in [0.29, 0.717) is 11.7 Å². The molecule has 4 nitrogen and oxygen atoms in total. The third kappa shape index (κ3) is 1.21. The minimum atomic E-state index is -0.233. The molecule has 64 valence electrons. The van der Waals surface area contributed by atoms with Gasteiger partial charge in [-0.3, -0.25) is 15.0 Å². The zero-order chi connectivity index (χ0) is 8.55. The van der Waals surface area contributed by atoms with Crippen LogP contribution >= 0.6 is 24.0 Å². The van der Waals surface area contributed by atoms with Crippen LogP contribution in [-0.2, 0) is 4.79 Å². The highest BCUT2D eigenvalue weighted by Gasteiger charge is 2.30. The number of anilines is 1.